The smallest absolute Gasteiger partial charge is 0.234 e. The van der Waals surface area contributed by atoms with Crippen LogP contribution in [0.3, 0.4) is 0 Å². The number of benzene rings is 8. The quantitative estimate of drug-likeness (QED) is 0.147. The number of hydrogen-bond acceptors (Lipinski definition) is 1. The number of fused-ring (bicyclic) bond motifs is 11. The Morgan fingerprint density at radius 1 is 0.378 bits per heavy atom. The number of hydrogen-bond donors (Lipinski definition) is 0. The lowest BCUT2D eigenvalue weighted by molar-refractivity contribution is 0.587. The van der Waals surface area contributed by atoms with Crippen LogP contribution in [0.15, 0.2) is 170 Å². The topological polar surface area (TPSA) is 20.3 Å². The van der Waals surface area contributed by atoms with Gasteiger partial charge in [-0.25, -0.2) is 0 Å². The van der Waals surface area contributed by atoms with Gasteiger partial charge in [-0.05, 0) is 85.4 Å². The van der Waals surface area contributed by atoms with Crippen LogP contribution in [0.4, 0.5) is 11.4 Å². The fourth-order valence-electron chi connectivity index (χ4n) is 7.28. The molecule has 1 aliphatic heterocycles. The molecule has 8 aromatic rings. The summed E-state index contributed by atoms with van der Waals surface area (Å²) in [5, 5.41) is 8.84. The first-order valence-corrected chi connectivity index (χ1v) is 17.0. The van der Waals surface area contributed by atoms with Crippen molar-refractivity contribution >= 4 is 61.6 Å². The summed E-state index contributed by atoms with van der Waals surface area (Å²) in [6.07, 6.45) is 0. The van der Waals surface area contributed by atoms with Crippen molar-refractivity contribution < 1.29 is 4.57 Å². The lowest BCUT2D eigenvalue weighted by Gasteiger charge is -2.38. The Morgan fingerprint density at radius 2 is 0.844 bits per heavy atom. The molecular formula is C42H28NOP. The van der Waals surface area contributed by atoms with E-state index in [1.807, 2.05) is 36.4 Å². The summed E-state index contributed by atoms with van der Waals surface area (Å²) in [6, 6.07) is 59.1. The third kappa shape index (κ3) is 3.80. The maximum atomic E-state index is 16.5. The SMILES string of the molecule is O=P1(c2ccccc2)c2ccccc2-c2ccccc2-c2ccccc2N1c1ccc2c3ccccc3c3ccccc3c2c1. The highest BCUT2D eigenvalue weighted by molar-refractivity contribution is 7.80. The van der Waals surface area contributed by atoms with Gasteiger partial charge in [0.2, 0.25) is 7.29 Å². The molecule has 0 fully saturated rings. The molecule has 3 heteroatoms. The third-order valence-corrected chi connectivity index (χ3v) is 12.3. The summed E-state index contributed by atoms with van der Waals surface area (Å²) < 4.78 is 18.6. The van der Waals surface area contributed by atoms with Crippen LogP contribution < -0.4 is 15.3 Å². The lowest BCUT2D eigenvalue weighted by Crippen LogP contribution is -2.31. The van der Waals surface area contributed by atoms with Crippen LogP contribution in [0, 0.1) is 0 Å². The first-order chi connectivity index (χ1) is 22.2. The molecule has 0 aliphatic carbocycles. The van der Waals surface area contributed by atoms with Gasteiger partial charge in [-0.3, -0.25) is 9.24 Å². The van der Waals surface area contributed by atoms with Gasteiger partial charge in [-0.1, -0.05) is 133 Å². The molecule has 212 valence electrons. The molecule has 9 rings (SSSR count). The summed E-state index contributed by atoms with van der Waals surface area (Å²) in [6.45, 7) is 0. The Morgan fingerprint density at radius 3 is 1.51 bits per heavy atom. The maximum absolute atomic E-state index is 16.5. The first-order valence-electron chi connectivity index (χ1n) is 15.3. The average Bonchev–Trinajstić information content (AvgIpc) is 3.12. The molecule has 1 aliphatic rings. The molecule has 0 aromatic heterocycles. The third-order valence-electron chi connectivity index (χ3n) is 9.23. The van der Waals surface area contributed by atoms with E-state index >= 15 is 4.57 Å². The average molecular weight is 594 g/mol. The van der Waals surface area contributed by atoms with E-state index < -0.39 is 7.29 Å². The van der Waals surface area contributed by atoms with Crippen molar-refractivity contribution in [3.05, 3.63) is 170 Å². The number of para-hydroxylation sites is 1. The molecule has 0 radical (unpaired) electrons. The van der Waals surface area contributed by atoms with Crippen molar-refractivity contribution in [2.24, 2.45) is 0 Å². The summed E-state index contributed by atoms with van der Waals surface area (Å²) in [4.78, 5) is 0. The van der Waals surface area contributed by atoms with Gasteiger partial charge >= 0.3 is 0 Å². The fourth-order valence-corrected chi connectivity index (χ4v) is 10.3. The molecule has 0 saturated carbocycles. The maximum Gasteiger partial charge on any atom is 0.234 e. The number of nitrogens with zero attached hydrogens (tertiary/aromatic N) is 1. The van der Waals surface area contributed by atoms with Gasteiger partial charge < -0.3 is 0 Å². The minimum Gasteiger partial charge on any atom is -0.289 e. The van der Waals surface area contributed by atoms with E-state index in [0.29, 0.717) is 0 Å². The summed E-state index contributed by atoms with van der Waals surface area (Å²) in [5.41, 5.74) is 6.10. The van der Waals surface area contributed by atoms with Crippen LogP contribution in [-0.2, 0) is 4.57 Å². The molecular weight excluding hydrogens is 565 g/mol. The normalized spacial score (nSPS) is 15.7. The van der Waals surface area contributed by atoms with Crippen molar-refractivity contribution in [1.29, 1.82) is 0 Å². The Hall–Kier alpha value is -5.43. The largest absolute Gasteiger partial charge is 0.289 e. The van der Waals surface area contributed by atoms with Gasteiger partial charge in [0.05, 0.1) is 5.69 Å². The van der Waals surface area contributed by atoms with Crippen molar-refractivity contribution in [2.75, 3.05) is 4.67 Å². The molecule has 0 bridgehead atoms. The highest BCUT2D eigenvalue weighted by Gasteiger charge is 2.41. The van der Waals surface area contributed by atoms with E-state index in [0.717, 1.165) is 49.6 Å². The number of rotatable bonds is 2. The molecule has 1 heterocycles. The molecule has 45 heavy (non-hydrogen) atoms. The predicted molar refractivity (Wildman–Crippen MR) is 192 cm³/mol. The van der Waals surface area contributed by atoms with Crippen LogP contribution >= 0.6 is 7.29 Å². The Kier molecular flexibility index (Phi) is 5.81. The molecule has 8 aromatic carbocycles. The fraction of sp³-hybridized carbons (Fsp3) is 0. The second-order valence-corrected chi connectivity index (χ2v) is 14.2. The minimum absolute atomic E-state index is 0.801. The van der Waals surface area contributed by atoms with Crippen molar-refractivity contribution in [3.63, 3.8) is 0 Å². The summed E-state index contributed by atoms with van der Waals surface area (Å²) >= 11 is 0. The van der Waals surface area contributed by atoms with E-state index in [9.17, 15) is 0 Å². The van der Waals surface area contributed by atoms with E-state index in [1.165, 1.54) is 26.9 Å². The van der Waals surface area contributed by atoms with E-state index in [4.69, 9.17) is 0 Å². The first kappa shape index (κ1) is 26.0. The molecule has 0 spiro atoms. The zero-order chi connectivity index (χ0) is 30.0. The zero-order valence-electron chi connectivity index (χ0n) is 24.5. The van der Waals surface area contributed by atoms with E-state index in [-0.39, 0.29) is 0 Å². The van der Waals surface area contributed by atoms with Crippen molar-refractivity contribution in [1.82, 2.24) is 0 Å². The zero-order valence-corrected chi connectivity index (χ0v) is 25.4. The van der Waals surface area contributed by atoms with E-state index in [2.05, 4.69) is 138 Å². The van der Waals surface area contributed by atoms with Crippen LogP contribution in [0.1, 0.15) is 0 Å². The Bertz CT molecular complexity index is 2450. The van der Waals surface area contributed by atoms with Crippen molar-refractivity contribution in [2.45, 2.75) is 0 Å². The lowest BCUT2D eigenvalue weighted by atomic mass is 9.93. The molecule has 0 amide bonds. The highest BCUT2D eigenvalue weighted by atomic mass is 31.2. The van der Waals surface area contributed by atoms with Crippen molar-refractivity contribution in [3.8, 4) is 22.3 Å². The van der Waals surface area contributed by atoms with Gasteiger partial charge in [0, 0.05) is 21.9 Å². The molecule has 1 unspecified atom stereocenters. The van der Waals surface area contributed by atoms with Crippen LogP contribution in [0.2, 0.25) is 0 Å². The molecule has 0 saturated heterocycles. The Balaban J connectivity index is 1.45. The number of anilines is 2. The standard InChI is InChI=1S/C42H28NOP/c44-45(30-14-2-1-3-15-30)42-25-13-11-23-39(42)35-20-8-7-19-34(35)38-22-10-12-24-41(38)43(45)29-26-27-37-33-18-5-4-16-31(33)32-17-6-9-21-36(32)40(37)28-29/h1-28H. The van der Waals surface area contributed by atoms with Crippen LogP contribution in [0.25, 0.3) is 54.6 Å². The van der Waals surface area contributed by atoms with Crippen LogP contribution in [0.5, 0.6) is 0 Å². The molecule has 1 atom stereocenters. The van der Waals surface area contributed by atoms with Gasteiger partial charge in [0.1, 0.15) is 0 Å². The van der Waals surface area contributed by atoms with Gasteiger partial charge in [0.25, 0.3) is 0 Å². The minimum atomic E-state index is -3.50. The highest BCUT2D eigenvalue weighted by Crippen LogP contribution is 2.60. The van der Waals surface area contributed by atoms with Gasteiger partial charge in [0.15, 0.2) is 0 Å². The van der Waals surface area contributed by atoms with Crippen LogP contribution in [-0.4, -0.2) is 0 Å². The monoisotopic (exact) mass is 593 g/mol. The summed E-state index contributed by atoms with van der Waals surface area (Å²) in [5.74, 6) is 0. The Labute approximate surface area is 262 Å². The van der Waals surface area contributed by atoms with Gasteiger partial charge in [-0.15, -0.1) is 0 Å². The summed E-state index contributed by atoms with van der Waals surface area (Å²) in [7, 11) is -3.50. The molecule has 0 N–H and O–H groups in total. The second-order valence-electron chi connectivity index (χ2n) is 11.6. The van der Waals surface area contributed by atoms with E-state index in [1.54, 1.807) is 0 Å². The predicted octanol–water partition coefficient (Wildman–Crippen LogP) is 10.9. The molecule has 2 nitrogen and oxygen atoms in total. The van der Waals surface area contributed by atoms with Gasteiger partial charge in [-0.2, -0.15) is 0 Å². The second kappa shape index (κ2) is 10.1.